The third kappa shape index (κ3) is 3.38. The molecule has 0 saturated heterocycles. The summed E-state index contributed by atoms with van der Waals surface area (Å²) in [6.07, 6.45) is 1.70. The highest BCUT2D eigenvalue weighted by atomic mass is 35.5. The number of aliphatic carboxylic acids is 1. The molecule has 5 heteroatoms. The summed E-state index contributed by atoms with van der Waals surface area (Å²) < 4.78 is 0. The minimum atomic E-state index is -0.814. The van der Waals surface area contributed by atoms with Crippen molar-refractivity contribution in [3.05, 3.63) is 23.5 Å². The van der Waals surface area contributed by atoms with Crippen molar-refractivity contribution < 1.29 is 9.90 Å². The number of hydrogen-bond acceptors (Lipinski definition) is 3. The van der Waals surface area contributed by atoms with Crippen LogP contribution in [0.25, 0.3) is 0 Å². The summed E-state index contributed by atoms with van der Waals surface area (Å²) in [5.74, 6) is -0.814. The molecule has 0 unspecified atom stereocenters. The Balaban J connectivity index is 2.85. The molecule has 0 bridgehead atoms. The third-order valence-electron chi connectivity index (χ3n) is 2.24. The molecule has 0 fully saturated rings. The lowest BCUT2D eigenvalue weighted by Gasteiger charge is -2.28. The van der Waals surface area contributed by atoms with Crippen LogP contribution in [0.5, 0.6) is 0 Å². The van der Waals surface area contributed by atoms with Crippen LogP contribution in [0.15, 0.2) is 18.3 Å². The van der Waals surface area contributed by atoms with Gasteiger partial charge >= 0.3 is 5.97 Å². The first kappa shape index (κ1) is 12.8. The van der Waals surface area contributed by atoms with Gasteiger partial charge in [-0.3, -0.25) is 4.79 Å². The van der Waals surface area contributed by atoms with E-state index in [0.717, 1.165) is 5.69 Å². The number of nitrogens with zero attached hydrogens (tertiary/aromatic N) is 2. The summed E-state index contributed by atoms with van der Waals surface area (Å²) in [6, 6.07) is 3.82. The van der Waals surface area contributed by atoms with Crippen molar-refractivity contribution in [1.29, 1.82) is 0 Å². The Morgan fingerprint density at radius 3 is 2.81 bits per heavy atom. The number of hydrogen-bond donors (Lipinski definition) is 1. The van der Waals surface area contributed by atoms with Crippen LogP contribution in [0.4, 0.5) is 5.69 Å². The SMILES string of the molecule is CC(C)N(CCC(=O)O)c1cccnc1Cl. The Hall–Kier alpha value is -1.29. The van der Waals surface area contributed by atoms with Gasteiger partial charge in [0.15, 0.2) is 5.15 Å². The number of carboxylic acids is 1. The van der Waals surface area contributed by atoms with Crippen molar-refractivity contribution >= 4 is 23.3 Å². The van der Waals surface area contributed by atoms with Gasteiger partial charge in [0.05, 0.1) is 12.1 Å². The van der Waals surface area contributed by atoms with E-state index in [9.17, 15) is 4.79 Å². The summed E-state index contributed by atoms with van der Waals surface area (Å²) in [6.45, 7) is 4.41. The Morgan fingerprint density at radius 1 is 1.62 bits per heavy atom. The van der Waals surface area contributed by atoms with E-state index in [1.54, 1.807) is 12.3 Å². The molecule has 0 aliphatic rings. The van der Waals surface area contributed by atoms with Gasteiger partial charge in [0, 0.05) is 18.8 Å². The Labute approximate surface area is 99.9 Å². The molecule has 0 radical (unpaired) electrons. The molecule has 88 valence electrons. The van der Waals surface area contributed by atoms with Crippen molar-refractivity contribution in [2.75, 3.05) is 11.4 Å². The molecule has 0 aromatic carbocycles. The van der Waals surface area contributed by atoms with Crippen molar-refractivity contribution in [1.82, 2.24) is 4.98 Å². The molecule has 0 aliphatic carbocycles. The first-order valence-corrected chi connectivity index (χ1v) is 5.49. The van der Waals surface area contributed by atoms with Crippen LogP contribution in [0.3, 0.4) is 0 Å². The van der Waals surface area contributed by atoms with Gasteiger partial charge in [0.2, 0.25) is 0 Å². The monoisotopic (exact) mass is 242 g/mol. The molecule has 1 aromatic rings. The molecule has 0 atom stereocenters. The topological polar surface area (TPSA) is 53.4 Å². The smallest absolute Gasteiger partial charge is 0.305 e. The lowest BCUT2D eigenvalue weighted by Crippen LogP contribution is -2.33. The Morgan fingerprint density at radius 2 is 2.31 bits per heavy atom. The van der Waals surface area contributed by atoms with Gasteiger partial charge in [-0.1, -0.05) is 11.6 Å². The Bertz CT molecular complexity index is 369. The number of pyridine rings is 1. The summed E-state index contributed by atoms with van der Waals surface area (Å²) in [5, 5.41) is 9.09. The van der Waals surface area contributed by atoms with E-state index >= 15 is 0 Å². The third-order valence-corrected chi connectivity index (χ3v) is 2.53. The van der Waals surface area contributed by atoms with E-state index in [4.69, 9.17) is 16.7 Å². The van der Waals surface area contributed by atoms with Crippen molar-refractivity contribution in [3.8, 4) is 0 Å². The number of rotatable bonds is 5. The minimum absolute atomic E-state index is 0.0867. The lowest BCUT2D eigenvalue weighted by atomic mass is 10.2. The maximum Gasteiger partial charge on any atom is 0.305 e. The quantitative estimate of drug-likeness (QED) is 0.806. The van der Waals surface area contributed by atoms with Crippen molar-refractivity contribution in [3.63, 3.8) is 0 Å². The van der Waals surface area contributed by atoms with Gasteiger partial charge in [-0.15, -0.1) is 0 Å². The van der Waals surface area contributed by atoms with Crippen molar-refractivity contribution in [2.24, 2.45) is 0 Å². The van der Waals surface area contributed by atoms with Crippen LogP contribution in [0.1, 0.15) is 20.3 Å². The molecular formula is C11H15ClN2O2. The average molecular weight is 243 g/mol. The lowest BCUT2D eigenvalue weighted by molar-refractivity contribution is -0.136. The molecule has 0 aliphatic heterocycles. The minimum Gasteiger partial charge on any atom is -0.481 e. The van der Waals surface area contributed by atoms with Crippen LogP contribution in [-0.4, -0.2) is 28.6 Å². The van der Waals surface area contributed by atoms with Gasteiger partial charge in [-0.25, -0.2) is 4.98 Å². The fourth-order valence-electron chi connectivity index (χ4n) is 1.46. The molecule has 0 amide bonds. The van der Waals surface area contributed by atoms with Gasteiger partial charge in [0.1, 0.15) is 0 Å². The molecule has 1 N–H and O–H groups in total. The highest BCUT2D eigenvalue weighted by Gasteiger charge is 2.15. The van der Waals surface area contributed by atoms with Gasteiger partial charge in [-0.2, -0.15) is 0 Å². The van der Waals surface area contributed by atoms with E-state index < -0.39 is 5.97 Å². The van der Waals surface area contributed by atoms with Crippen LogP contribution >= 0.6 is 11.6 Å². The normalized spacial score (nSPS) is 10.5. The summed E-state index contributed by atoms with van der Waals surface area (Å²) in [4.78, 5) is 16.5. The second-order valence-electron chi connectivity index (χ2n) is 3.74. The zero-order chi connectivity index (χ0) is 12.1. The second-order valence-corrected chi connectivity index (χ2v) is 4.10. The van der Waals surface area contributed by atoms with E-state index in [-0.39, 0.29) is 12.5 Å². The van der Waals surface area contributed by atoms with E-state index in [1.807, 2.05) is 24.8 Å². The summed E-state index contributed by atoms with van der Waals surface area (Å²) in [7, 11) is 0. The molecule has 1 heterocycles. The molecule has 0 spiro atoms. The van der Waals surface area contributed by atoms with E-state index in [1.165, 1.54) is 0 Å². The molecule has 16 heavy (non-hydrogen) atoms. The maximum atomic E-state index is 10.6. The van der Waals surface area contributed by atoms with Crippen LogP contribution < -0.4 is 4.90 Å². The summed E-state index contributed by atoms with van der Waals surface area (Å²) >= 11 is 5.98. The van der Waals surface area contributed by atoms with Gasteiger partial charge < -0.3 is 10.0 Å². The van der Waals surface area contributed by atoms with Gasteiger partial charge in [-0.05, 0) is 26.0 Å². The zero-order valence-electron chi connectivity index (χ0n) is 9.35. The highest BCUT2D eigenvalue weighted by molar-refractivity contribution is 6.32. The maximum absolute atomic E-state index is 10.6. The fourth-order valence-corrected chi connectivity index (χ4v) is 1.69. The zero-order valence-corrected chi connectivity index (χ0v) is 10.1. The first-order chi connectivity index (χ1) is 7.52. The molecule has 4 nitrogen and oxygen atoms in total. The number of carbonyl (C=O) groups is 1. The molecule has 0 saturated carbocycles. The molecular weight excluding hydrogens is 228 g/mol. The second kappa shape index (κ2) is 5.70. The number of carboxylic acid groups (broad SMARTS) is 1. The summed E-state index contributed by atoms with van der Waals surface area (Å²) in [5.41, 5.74) is 0.778. The molecule has 1 aromatic heterocycles. The van der Waals surface area contributed by atoms with Crippen LogP contribution in [0.2, 0.25) is 5.15 Å². The largest absolute Gasteiger partial charge is 0.481 e. The van der Waals surface area contributed by atoms with Crippen molar-refractivity contribution in [2.45, 2.75) is 26.3 Å². The average Bonchev–Trinajstić information content (AvgIpc) is 2.20. The van der Waals surface area contributed by atoms with Crippen LogP contribution in [0, 0.1) is 0 Å². The number of anilines is 1. The number of aromatic nitrogens is 1. The predicted molar refractivity (Wildman–Crippen MR) is 64.0 cm³/mol. The highest BCUT2D eigenvalue weighted by Crippen LogP contribution is 2.24. The van der Waals surface area contributed by atoms with Gasteiger partial charge in [0.25, 0.3) is 0 Å². The van der Waals surface area contributed by atoms with Crippen LogP contribution in [-0.2, 0) is 4.79 Å². The fraction of sp³-hybridized carbons (Fsp3) is 0.455. The van der Waals surface area contributed by atoms with E-state index in [0.29, 0.717) is 11.7 Å². The predicted octanol–water partition coefficient (Wildman–Crippen LogP) is 2.42. The van der Waals surface area contributed by atoms with E-state index in [2.05, 4.69) is 4.98 Å². The Kier molecular flexibility index (Phi) is 4.55. The standard InChI is InChI=1S/C11H15ClN2O2/c1-8(2)14(7-5-10(15)16)9-4-3-6-13-11(9)12/h3-4,6,8H,5,7H2,1-2H3,(H,15,16). The first-order valence-electron chi connectivity index (χ1n) is 5.11. The molecule has 1 rings (SSSR count). The number of halogens is 1.